The van der Waals surface area contributed by atoms with Crippen molar-refractivity contribution in [2.45, 2.75) is 76.9 Å². The van der Waals surface area contributed by atoms with Crippen LogP contribution in [0.15, 0.2) is 0 Å². The normalized spacial score (nSPS) is 42.9. The van der Waals surface area contributed by atoms with Crippen LogP contribution >= 0.6 is 0 Å². The third kappa shape index (κ3) is 3.45. The van der Waals surface area contributed by atoms with Crippen LogP contribution in [0.1, 0.15) is 65.2 Å². The summed E-state index contributed by atoms with van der Waals surface area (Å²) in [6.45, 7) is 5.68. The molecular weight excluding hydrogens is 210 g/mol. The summed E-state index contributed by atoms with van der Waals surface area (Å²) < 4.78 is 5.68. The lowest BCUT2D eigenvalue weighted by molar-refractivity contribution is 0.0928. The largest absolute Gasteiger partial charge is 0.378 e. The van der Waals surface area contributed by atoms with E-state index in [2.05, 4.69) is 13.8 Å². The lowest BCUT2D eigenvalue weighted by Gasteiger charge is -2.42. The maximum absolute atomic E-state index is 6.64. The molecule has 2 fully saturated rings. The smallest absolute Gasteiger partial charge is 0.0576 e. The van der Waals surface area contributed by atoms with Gasteiger partial charge in [0.2, 0.25) is 0 Å². The molecule has 0 aromatic heterocycles. The Morgan fingerprint density at radius 2 is 2.06 bits per heavy atom. The maximum atomic E-state index is 6.64. The average molecular weight is 239 g/mol. The predicted octanol–water partition coefficient (Wildman–Crippen LogP) is 3.49. The zero-order valence-corrected chi connectivity index (χ0v) is 11.6. The topological polar surface area (TPSA) is 35.2 Å². The fraction of sp³-hybridized carbons (Fsp3) is 1.00. The minimum atomic E-state index is 0.107. The van der Waals surface area contributed by atoms with Crippen LogP contribution in [0.3, 0.4) is 0 Å². The van der Waals surface area contributed by atoms with Crippen LogP contribution < -0.4 is 5.73 Å². The number of hydrogen-bond donors (Lipinski definition) is 1. The van der Waals surface area contributed by atoms with Crippen molar-refractivity contribution in [2.75, 3.05) is 6.61 Å². The molecule has 2 N–H and O–H groups in total. The maximum Gasteiger partial charge on any atom is 0.0576 e. The molecule has 0 spiro atoms. The molecular formula is C15H29NO. The van der Waals surface area contributed by atoms with E-state index in [0.717, 1.165) is 12.5 Å². The van der Waals surface area contributed by atoms with E-state index in [0.29, 0.717) is 12.0 Å². The van der Waals surface area contributed by atoms with E-state index in [4.69, 9.17) is 10.5 Å². The molecule has 1 heterocycles. The van der Waals surface area contributed by atoms with Gasteiger partial charge < -0.3 is 10.5 Å². The van der Waals surface area contributed by atoms with Crippen LogP contribution in [0.5, 0.6) is 0 Å². The molecule has 1 saturated carbocycles. The Bertz CT molecular complexity index is 237. The van der Waals surface area contributed by atoms with Gasteiger partial charge in [0, 0.05) is 12.1 Å². The Morgan fingerprint density at radius 3 is 2.76 bits per heavy atom. The molecule has 2 heteroatoms. The van der Waals surface area contributed by atoms with Gasteiger partial charge in [0.15, 0.2) is 0 Å². The van der Waals surface area contributed by atoms with Gasteiger partial charge in [0.05, 0.1) is 6.10 Å². The molecule has 0 aromatic carbocycles. The standard InChI is InChI=1S/C15H29NO/c1-12-7-8-13(2)15(16,11-12)9-3-5-14-6-4-10-17-14/h12-14H,3-11,16H2,1-2H3. The zero-order valence-electron chi connectivity index (χ0n) is 11.6. The Kier molecular flexibility index (Phi) is 4.48. The number of nitrogens with two attached hydrogens (primary N) is 1. The second kappa shape index (κ2) is 5.71. The van der Waals surface area contributed by atoms with Crippen LogP contribution in [0, 0.1) is 11.8 Å². The van der Waals surface area contributed by atoms with E-state index in [1.165, 1.54) is 51.4 Å². The Balaban J connectivity index is 1.75. The molecule has 100 valence electrons. The van der Waals surface area contributed by atoms with Crippen molar-refractivity contribution < 1.29 is 4.74 Å². The third-order valence-corrected chi connectivity index (χ3v) is 4.99. The number of ether oxygens (including phenoxy) is 1. The van der Waals surface area contributed by atoms with Gasteiger partial charge in [0.1, 0.15) is 0 Å². The van der Waals surface area contributed by atoms with E-state index >= 15 is 0 Å². The highest BCUT2D eigenvalue weighted by Crippen LogP contribution is 2.38. The van der Waals surface area contributed by atoms with Gasteiger partial charge >= 0.3 is 0 Å². The molecule has 0 radical (unpaired) electrons. The fourth-order valence-corrected chi connectivity index (χ4v) is 3.65. The van der Waals surface area contributed by atoms with E-state index in [1.807, 2.05) is 0 Å². The first kappa shape index (κ1) is 13.4. The Labute approximate surface area is 106 Å². The molecule has 2 rings (SSSR count). The van der Waals surface area contributed by atoms with Crippen molar-refractivity contribution >= 4 is 0 Å². The number of rotatable bonds is 4. The first-order valence-corrected chi connectivity index (χ1v) is 7.50. The van der Waals surface area contributed by atoms with Crippen LogP contribution in [0.25, 0.3) is 0 Å². The van der Waals surface area contributed by atoms with Crippen molar-refractivity contribution in [3.63, 3.8) is 0 Å². The minimum absolute atomic E-state index is 0.107. The molecule has 0 amide bonds. The quantitative estimate of drug-likeness (QED) is 0.815. The second-order valence-electron chi connectivity index (χ2n) is 6.55. The van der Waals surface area contributed by atoms with Crippen molar-refractivity contribution in [1.82, 2.24) is 0 Å². The van der Waals surface area contributed by atoms with E-state index < -0.39 is 0 Å². The van der Waals surface area contributed by atoms with E-state index in [9.17, 15) is 0 Å². The van der Waals surface area contributed by atoms with Gasteiger partial charge in [-0.2, -0.15) is 0 Å². The van der Waals surface area contributed by atoms with Crippen LogP contribution in [0.2, 0.25) is 0 Å². The van der Waals surface area contributed by atoms with Gasteiger partial charge in [-0.05, 0) is 56.8 Å². The molecule has 1 aliphatic carbocycles. The summed E-state index contributed by atoms with van der Waals surface area (Å²) in [6.07, 6.45) is 10.6. The summed E-state index contributed by atoms with van der Waals surface area (Å²) in [6, 6.07) is 0. The second-order valence-corrected chi connectivity index (χ2v) is 6.55. The summed E-state index contributed by atoms with van der Waals surface area (Å²) >= 11 is 0. The highest BCUT2D eigenvalue weighted by molar-refractivity contribution is 4.94. The fourth-order valence-electron chi connectivity index (χ4n) is 3.65. The molecule has 4 atom stereocenters. The van der Waals surface area contributed by atoms with Crippen LogP contribution in [-0.2, 0) is 4.74 Å². The number of hydrogen-bond acceptors (Lipinski definition) is 2. The molecule has 4 unspecified atom stereocenters. The molecule has 0 bridgehead atoms. The van der Waals surface area contributed by atoms with Crippen molar-refractivity contribution in [3.05, 3.63) is 0 Å². The van der Waals surface area contributed by atoms with Crippen LogP contribution in [0.4, 0.5) is 0 Å². The molecule has 2 nitrogen and oxygen atoms in total. The van der Waals surface area contributed by atoms with Gasteiger partial charge in [-0.25, -0.2) is 0 Å². The predicted molar refractivity (Wildman–Crippen MR) is 71.9 cm³/mol. The van der Waals surface area contributed by atoms with Crippen LogP contribution in [-0.4, -0.2) is 18.2 Å². The first-order valence-electron chi connectivity index (χ1n) is 7.50. The van der Waals surface area contributed by atoms with Gasteiger partial charge in [-0.1, -0.05) is 20.3 Å². The van der Waals surface area contributed by atoms with Crippen molar-refractivity contribution in [2.24, 2.45) is 17.6 Å². The van der Waals surface area contributed by atoms with E-state index in [-0.39, 0.29) is 5.54 Å². The van der Waals surface area contributed by atoms with Crippen molar-refractivity contribution in [1.29, 1.82) is 0 Å². The SMILES string of the molecule is CC1CCC(C)C(N)(CCCC2CCCO2)C1. The first-order chi connectivity index (χ1) is 8.10. The average Bonchev–Trinajstić information content (AvgIpc) is 2.77. The Hall–Kier alpha value is -0.0800. The highest BCUT2D eigenvalue weighted by Gasteiger charge is 2.36. The summed E-state index contributed by atoms with van der Waals surface area (Å²) in [5.74, 6) is 1.52. The summed E-state index contributed by atoms with van der Waals surface area (Å²) in [5, 5.41) is 0. The third-order valence-electron chi connectivity index (χ3n) is 4.99. The lowest BCUT2D eigenvalue weighted by Crippen LogP contribution is -2.50. The van der Waals surface area contributed by atoms with E-state index in [1.54, 1.807) is 0 Å². The monoisotopic (exact) mass is 239 g/mol. The highest BCUT2D eigenvalue weighted by atomic mass is 16.5. The summed E-state index contributed by atoms with van der Waals surface area (Å²) in [4.78, 5) is 0. The molecule has 0 aromatic rings. The summed E-state index contributed by atoms with van der Waals surface area (Å²) in [5.41, 5.74) is 6.74. The zero-order chi connectivity index (χ0) is 12.3. The molecule has 2 aliphatic rings. The van der Waals surface area contributed by atoms with Crippen molar-refractivity contribution in [3.8, 4) is 0 Å². The molecule has 1 aliphatic heterocycles. The minimum Gasteiger partial charge on any atom is -0.378 e. The summed E-state index contributed by atoms with van der Waals surface area (Å²) in [7, 11) is 0. The van der Waals surface area contributed by atoms with Gasteiger partial charge in [-0.15, -0.1) is 0 Å². The molecule has 1 saturated heterocycles. The Morgan fingerprint density at radius 1 is 1.24 bits per heavy atom. The van der Waals surface area contributed by atoms with Gasteiger partial charge in [0.25, 0.3) is 0 Å². The van der Waals surface area contributed by atoms with Gasteiger partial charge in [-0.3, -0.25) is 0 Å². The lowest BCUT2D eigenvalue weighted by atomic mass is 9.68. The molecule has 17 heavy (non-hydrogen) atoms.